The van der Waals surface area contributed by atoms with Crippen molar-refractivity contribution in [1.29, 1.82) is 0 Å². The molecule has 1 unspecified atom stereocenters. The van der Waals surface area contributed by atoms with E-state index in [1.807, 2.05) is 12.1 Å². The van der Waals surface area contributed by atoms with Crippen molar-refractivity contribution in [1.82, 2.24) is 4.57 Å². The molecular weight excluding hydrogens is 627 g/mol. The van der Waals surface area contributed by atoms with E-state index in [1.54, 1.807) is 61.9 Å². The summed E-state index contributed by atoms with van der Waals surface area (Å²) >= 11 is 9.54. The van der Waals surface area contributed by atoms with Gasteiger partial charge in [-0.05, 0) is 77.9 Å². The van der Waals surface area contributed by atoms with Crippen molar-refractivity contribution in [2.45, 2.75) is 19.9 Å². The second kappa shape index (κ2) is 11.7. The molecule has 10 heteroatoms. The number of hydrogen-bond donors (Lipinski definition) is 0. The molecule has 37 heavy (non-hydrogen) atoms. The van der Waals surface area contributed by atoms with E-state index in [4.69, 9.17) is 25.8 Å². The van der Waals surface area contributed by atoms with E-state index < -0.39 is 12.0 Å². The van der Waals surface area contributed by atoms with Crippen molar-refractivity contribution >= 4 is 57.6 Å². The summed E-state index contributed by atoms with van der Waals surface area (Å²) in [5.41, 5.74) is 2.06. The van der Waals surface area contributed by atoms with E-state index in [1.165, 1.54) is 11.3 Å². The molecule has 0 spiro atoms. The molecule has 3 aromatic rings. The third kappa shape index (κ3) is 5.53. The third-order valence-corrected chi connectivity index (χ3v) is 7.63. The maximum atomic E-state index is 13.8. The number of halogens is 2. The lowest BCUT2D eigenvalue weighted by Crippen LogP contribution is -2.39. The Hall–Kier alpha value is -2.89. The van der Waals surface area contributed by atoms with Crippen molar-refractivity contribution in [3.63, 3.8) is 0 Å². The minimum absolute atomic E-state index is 0.209. The van der Waals surface area contributed by atoms with Crippen LogP contribution in [0.5, 0.6) is 11.5 Å². The van der Waals surface area contributed by atoms with Crippen LogP contribution >= 0.6 is 45.5 Å². The number of methoxy groups -OCH3 is 1. The normalized spacial score (nSPS) is 15.2. The van der Waals surface area contributed by atoms with E-state index in [-0.39, 0.29) is 12.2 Å². The van der Waals surface area contributed by atoms with Gasteiger partial charge >= 0.3 is 5.97 Å². The van der Waals surface area contributed by atoms with Crippen LogP contribution in [0.25, 0.3) is 6.08 Å². The Bertz CT molecular complexity index is 1570. The van der Waals surface area contributed by atoms with E-state index in [2.05, 4.69) is 34.2 Å². The van der Waals surface area contributed by atoms with Crippen molar-refractivity contribution < 1.29 is 19.0 Å². The SMILES string of the molecule is C=CCOc1c(I)cc(/C=c2/sc3n(c2=O)C(c2ccc(Cl)cc2)C(C(=O)OCC)=C(C)N=3)cc1OC. The van der Waals surface area contributed by atoms with Crippen LogP contribution in [-0.4, -0.2) is 30.9 Å². The number of benzene rings is 2. The van der Waals surface area contributed by atoms with Crippen LogP contribution in [0.15, 0.2) is 70.1 Å². The number of carbonyl (C=O) groups is 1. The number of carbonyl (C=O) groups excluding carboxylic acids is 1. The van der Waals surface area contributed by atoms with Gasteiger partial charge in [-0.25, -0.2) is 9.79 Å². The number of allylic oxidation sites excluding steroid dienone is 1. The molecule has 0 aliphatic carbocycles. The zero-order chi connectivity index (χ0) is 26.7. The smallest absolute Gasteiger partial charge is 0.338 e. The Labute approximate surface area is 236 Å². The summed E-state index contributed by atoms with van der Waals surface area (Å²) in [6, 6.07) is 10.1. The number of rotatable bonds is 8. The summed E-state index contributed by atoms with van der Waals surface area (Å²) in [4.78, 5) is 31.8. The molecule has 192 valence electrons. The molecule has 1 atom stereocenters. The van der Waals surface area contributed by atoms with E-state index in [0.29, 0.717) is 43.7 Å². The van der Waals surface area contributed by atoms with Crippen LogP contribution in [0.2, 0.25) is 5.02 Å². The molecule has 0 fully saturated rings. The summed E-state index contributed by atoms with van der Waals surface area (Å²) in [7, 11) is 1.57. The number of ether oxygens (including phenoxy) is 3. The van der Waals surface area contributed by atoms with Crippen molar-refractivity contribution in [2.24, 2.45) is 4.99 Å². The van der Waals surface area contributed by atoms with Crippen molar-refractivity contribution in [3.05, 3.63) is 99.7 Å². The molecule has 1 aromatic heterocycles. The molecule has 2 heterocycles. The fourth-order valence-electron chi connectivity index (χ4n) is 4.01. The predicted octanol–water partition coefficient (Wildman–Crippen LogP) is 4.63. The number of nitrogens with zero attached hydrogens (tertiary/aromatic N) is 2. The second-order valence-electron chi connectivity index (χ2n) is 7.99. The Morgan fingerprint density at radius 1 is 1.30 bits per heavy atom. The molecule has 0 saturated heterocycles. The first kappa shape index (κ1) is 27.2. The zero-order valence-electron chi connectivity index (χ0n) is 20.4. The number of thiazole rings is 1. The first-order chi connectivity index (χ1) is 17.8. The molecule has 2 aromatic carbocycles. The molecule has 0 N–H and O–H groups in total. The van der Waals surface area contributed by atoms with Gasteiger partial charge in [-0.2, -0.15) is 0 Å². The lowest BCUT2D eigenvalue weighted by Gasteiger charge is -2.24. The lowest BCUT2D eigenvalue weighted by molar-refractivity contribution is -0.139. The monoisotopic (exact) mass is 650 g/mol. The van der Waals surface area contributed by atoms with Crippen LogP contribution in [0.4, 0.5) is 0 Å². The minimum Gasteiger partial charge on any atom is -0.493 e. The van der Waals surface area contributed by atoms with Crippen molar-refractivity contribution in [3.8, 4) is 11.5 Å². The Morgan fingerprint density at radius 2 is 2.03 bits per heavy atom. The van der Waals surface area contributed by atoms with Gasteiger partial charge in [-0.1, -0.05) is 47.7 Å². The maximum Gasteiger partial charge on any atom is 0.338 e. The first-order valence-electron chi connectivity index (χ1n) is 11.3. The quantitative estimate of drug-likeness (QED) is 0.202. The van der Waals surface area contributed by atoms with Gasteiger partial charge in [-0.3, -0.25) is 9.36 Å². The Morgan fingerprint density at radius 3 is 2.68 bits per heavy atom. The summed E-state index contributed by atoms with van der Waals surface area (Å²) in [6.07, 6.45) is 3.45. The standard InChI is InChI=1S/C27H24ClIN2O5S/c1-5-11-36-24-19(29)12-16(13-20(24)34-4)14-21-25(32)31-23(17-7-9-18(28)10-8-17)22(26(33)35-6-2)15(3)30-27(31)37-21/h5,7-10,12-14,23H,1,6,11H2,2-4H3/b21-14+. The molecule has 7 nitrogen and oxygen atoms in total. The lowest BCUT2D eigenvalue weighted by atomic mass is 9.96. The van der Waals surface area contributed by atoms with Crippen LogP contribution in [-0.2, 0) is 9.53 Å². The third-order valence-electron chi connectivity index (χ3n) is 5.60. The van der Waals surface area contributed by atoms with Crippen LogP contribution in [0, 0.1) is 3.57 Å². The van der Waals surface area contributed by atoms with Gasteiger partial charge in [0.25, 0.3) is 5.56 Å². The summed E-state index contributed by atoms with van der Waals surface area (Å²) in [5, 5.41) is 0.554. The van der Waals surface area contributed by atoms with Crippen LogP contribution in [0.1, 0.15) is 31.0 Å². The Balaban J connectivity index is 1.90. The molecule has 0 amide bonds. The second-order valence-corrected chi connectivity index (χ2v) is 10.6. The summed E-state index contributed by atoms with van der Waals surface area (Å²) in [5.74, 6) is 0.652. The highest BCUT2D eigenvalue weighted by Crippen LogP contribution is 2.34. The Kier molecular flexibility index (Phi) is 8.56. The molecule has 0 bridgehead atoms. The largest absolute Gasteiger partial charge is 0.493 e. The topological polar surface area (TPSA) is 79.1 Å². The fourth-order valence-corrected chi connectivity index (χ4v) is 5.96. The van der Waals surface area contributed by atoms with Gasteiger partial charge in [0.1, 0.15) is 6.61 Å². The summed E-state index contributed by atoms with van der Waals surface area (Å²) < 4.78 is 19.4. The average Bonchev–Trinajstić information content (AvgIpc) is 3.17. The molecule has 0 saturated carbocycles. The molecule has 4 rings (SSSR count). The fraction of sp³-hybridized carbons (Fsp3) is 0.222. The van der Waals surface area contributed by atoms with E-state index >= 15 is 0 Å². The maximum absolute atomic E-state index is 13.8. The van der Waals surface area contributed by atoms with Gasteiger partial charge in [0.2, 0.25) is 0 Å². The zero-order valence-corrected chi connectivity index (χ0v) is 24.1. The number of esters is 1. The highest BCUT2D eigenvalue weighted by Gasteiger charge is 2.33. The molecule has 1 aliphatic heterocycles. The first-order valence-corrected chi connectivity index (χ1v) is 13.6. The van der Waals surface area contributed by atoms with Gasteiger partial charge in [0, 0.05) is 5.02 Å². The average molecular weight is 651 g/mol. The number of hydrogen-bond acceptors (Lipinski definition) is 7. The molecule has 1 aliphatic rings. The van der Waals surface area contributed by atoms with Crippen molar-refractivity contribution in [2.75, 3.05) is 20.3 Å². The van der Waals surface area contributed by atoms with Gasteiger partial charge in [0.15, 0.2) is 16.3 Å². The molecular formula is C27H24ClIN2O5S. The van der Waals surface area contributed by atoms with Gasteiger partial charge < -0.3 is 14.2 Å². The van der Waals surface area contributed by atoms with Crippen LogP contribution in [0.3, 0.4) is 0 Å². The van der Waals surface area contributed by atoms with Crippen LogP contribution < -0.4 is 24.4 Å². The minimum atomic E-state index is -0.695. The van der Waals surface area contributed by atoms with E-state index in [0.717, 1.165) is 14.7 Å². The number of fused-ring (bicyclic) bond motifs is 1. The summed E-state index contributed by atoms with van der Waals surface area (Å²) in [6.45, 7) is 7.73. The van der Waals surface area contributed by atoms with Gasteiger partial charge in [0.05, 0.1) is 39.1 Å². The number of aromatic nitrogens is 1. The molecule has 0 radical (unpaired) electrons. The van der Waals surface area contributed by atoms with Gasteiger partial charge in [-0.15, -0.1) is 0 Å². The van der Waals surface area contributed by atoms with E-state index in [9.17, 15) is 9.59 Å². The predicted molar refractivity (Wildman–Crippen MR) is 153 cm³/mol. The highest BCUT2D eigenvalue weighted by molar-refractivity contribution is 14.1. The highest BCUT2D eigenvalue weighted by atomic mass is 127.